The first-order chi connectivity index (χ1) is 8.93. The van der Waals surface area contributed by atoms with E-state index in [1.165, 1.54) is 0 Å². The lowest BCUT2D eigenvalue weighted by Crippen LogP contribution is -2.58. The summed E-state index contributed by atoms with van der Waals surface area (Å²) in [7, 11) is 0. The van der Waals surface area contributed by atoms with Crippen molar-refractivity contribution in [1.82, 2.24) is 0 Å². The van der Waals surface area contributed by atoms with E-state index in [1.54, 1.807) is 0 Å². The van der Waals surface area contributed by atoms with Crippen molar-refractivity contribution >= 4 is 0 Å². The molecule has 0 bridgehead atoms. The van der Waals surface area contributed by atoms with Gasteiger partial charge in [-0.2, -0.15) is 0 Å². The van der Waals surface area contributed by atoms with Crippen molar-refractivity contribution in [1.29, 1.82) is 0 Å². The van der Waals surface area contributed by atoms with Gasteiger partial charge in [-0.15, -0.1) is 0 Å². The molecule has 19 heavy (non-hydrogen) atoms. The monoisotopic (exact) mass is 280 g/mol. The van der Waals surface area contributed by atoms with Crippen molar-refractivity contribution in [2.24, 2.45) is 0 Å². The topological polar surface area (TPSA) is 121 Å². The number of unbranched alkanes of at least 4 members (excludes halogenated alkanes) is 4. The van der Waals surface area contributed by atoms with Crippen LogP contribution in [0.4, 0.5) is 0 Å². The fraction of sp³-hybridized carbons (Fsp3) is 1.00. The zero-order valence-corrected chi connectivity index (χ0v) is 11.6. The third-order valence-electron chi connectivity index (χ3n) is 3.49. The molecule has 6 N–H and O–H groups in total. The maximum Gasteiger partial charge on any atom is 0.121 e. The molecule has 4 atom stereocenters. The Morgan fingerprint density at radius 3 is 1.95 bits per heavy atom. The molecule has 0 radical (unpaired) electrons. The quantitative estimate of drug-likeness (QED) is 0.274. The molecule has 116 valence electrons. The average molecular weight is 280 g/mol. The number of hydrogen-bond acceptors (Lipinski definition) is 6. The Morgan fingerprint density at radius 2 is 1.47 bits per heavy atom. The maximum atomic E-state index is 10.3. The molecule has 0 saturated heterocycles. The number of aliphatic hydroxyl groups excluding tert-OH is 5. The van der Waals surface area contributed by atoms with Crippen molar-refractivity contribution < 1.29 is 30.6 Å². The third-order valence-corrected chi connectivity index (χ3v) is 3.49. The van der Waals surface area contributed by atoms with Crippen LogP contribution in [0.2, 0.25) is 0 Å². The summed E-state index contributed by atoms with van der Waals surface area (Å²) >= 11 is 0. The van der Waals surface area contributed by atoms with E-state index in [1.807, 2.05) is 0 Å². The molecule has 0 aliphatic rings. The summed E-state index contributed by atoms with van der Waals surface area (Å²) in [6.07, 6.45) is -0.239. The summed E-state index contributed by atoms with van der Waals surface area (Å²) in [6.45, 7) is 0.630. The second kappa shape index (κ2) is 9.63. The molecule has 0 aromatic rings. The smallest absolute Gasteiger partial charge is 0.121 e. The zero-order chi connectivity index (χ0) is 14.9. The highest BCUT2D eigenvalue weighted by Crippen LogP contribution is 2.26. The van der Waals surface area contributed by atoms with Gasteiger partial charge in [-0.05, 0) is 6.42 Å². The van der Waals surface area contributed by atoms with Crippen molar-refractivity contribution in [3.8, 4) is 0 Å². The van der Waals surface area contributed by atoms with E-state index >= 15 is 0 Å². The molecule has 0 heterocycles. The van der Waals surface area contributed by atoms with Gasteiger partial charge in [0.1, 0.15) is 23.9 Å². The van der Waals surface area contributed by atoms with E-state index in [-0.39, 0.29) is 6.42 Å². The van der Waals surface area contributed by atoms with Gasteiger partial charge in [0.05, 0.1) is 13.2 Å². The van der Waals surface area contributed by atoms with E-state index in [0.29, 0.717) is 6.42 Å². The van der Waals surface area contributed by atoms with Crippen LogP contribution in [0.1, 0.15) is 45.4 Å². The van der Waals surface area contributed by atoms with Crippen molar-refractivity contribution in [3.05, 3.63) is 0 Å². The lowest BCUT2D eigenvalue weighted by atomic mass is 9.82. The van der Waals surface area contributed by atoms with E-state index in [9.17, 15) is 20.4 Å². The fourth-order valence-corrected chi connectivity index (χ4v) is 2.11. The predicted molar refractivity (Wildman–Crippen MR) is 70.5 cm³/mol. The number of rotatable bonds is 11. The summed E-state index contributed by atoms with van der Waals surface area (Å²) < 4.78 is 0. The highest BCUT2D eigenvalue weighted by atomic mass is 16.4. The average Bonchev–Trinajstić information content (AvgIpc) is 2.43. The summed E-state index contributed by atoms with van der Waals surface area (Å²) in [5.41, 5.74) is -2.01. The van der Waals surface area contributed by atoms with Crippen LogP contribution in [0.15, 0.2) is 0 Å². The Hall–Kier alpha value is -0.240. The van der Waals surface area contributed by atoms with Gasteiger partial charge >= 0.3 is 0 Å². The molecule has 0 rings (SSSR count). The minimum absolute atomic E-state index is 0.0522. The van der Waals surface area contributed by atoms with Crippen LogP contribution in [0.5, 0.6) is 0 Å². The molecule has 0 unspecified atom stereocenters. The number of aliphatic hydroxyl groups is 6. The molecular formula is C13H28O6. The lowest BCUT2D eigenvalue weighted by molar-refractivity contribution is -0.193. The van der Waals surface area contributed by atoms with Crippen molar-refractivity contribution in [2.75, 3.05) is 13.2 Å². The highest BCUT2D eigenvalue weighted by Gasteiger charge is 2.44. The normalized spacial score (nSPS) is 19.7. The van der Waals surface area contributed by atoms with Crippen LogP contribution < -0.4 is 0 Å². The standard InChI is InChI=1S/C13H28O6/c1-2-3-4-5-6-7-13(19,11(17)9-15)12(18)10(16)8-14/h10-12,14-19H,2-9H2,1H3/t10-,11+,12-,13-/m1/s1. The molecule has 0 aromatic heterocycles. The van der Waals surface area contributed by atoms with Crippen LogP contribution in [-0.4, -0.2) is 67.8 Å². The molecule has 6 nitrogen and oxygen atoms in total. The SMILES string of the molecule is CCCCCCC[C@](O)([C@H](O)[C@H](O)CO)[C@@H](O)CO. The van der Waals surface area contributed by atoms with Crippen molar-refractivity contribution in [3.63, 3.8) is 0 Å². The van der Waals surface area contributed by atoms with Gasteiger partial charge in [-0.3, -0.25) is 0 Å². The van der Waals surface area contributed by atoms with Crippen LogP contribution >= 0.6 is 0 Å². The highest BCUT2D eigenvalue weighted by molar-refractivity contribution is 4.96. The molecule has 6 heteroatoms. The first-order valence-electron chi connectivity index (χ1n) is 6.92. The minimum Gasteiger partial charge on any atom is -0.394 e. The van der Waals surface area contributed by atoms with Gasteiger partial charge in [-0.25, -0.2) is 0 Å². The molecule has 0 aliphatic carbocycles. The van der Waals surface area contributed by atoms with Gasteiger partial charge in [0, 0.05) is 0 Å². The van der Waals surface area contributed by atoms with E-state index < -0.39 is 37.1 Å². The molecular weight excluding hydrogens is 252 g/mol. The van der Waals surface area contributed by atoms with Gasteiger partial charge < -0.3 is 30.6 Å². The Kier molecular flexibility index (Phi) is 9.51. The maximum absolute atomic E-state index is 10.3. The molecule has 0 saturated carbocycles. The van der Waals surface area contributed by atoms with Gasteiger partial charge in [0.25, 0.3) is 0 Å². The first kappa shape index (κ1) is 18.8. The molecule has 0 fully saturated rings. The Labute approximate surface area is 114 Å². The lowest BCUT2D eigenvalue weighted by Gasteiger charge is -2.38. The Balaban J connectivity index is 4.51. The molecule has 0 amide bonds. The summed E-state index contributed by atoms with van der Waals surface area (Å²) in [4.78, 5) is 0. The summed E-state index contributed by atoms with van der Waals surface area (Å²) in [5.74, 6) is 0. The Morgan fingerprint density at radius 1 is 0.895 bits per heavy atom. The first-order valence-corrected chi connectivity index (χ1v) is 6.92. The Bertz CT molecular complexity index is 225. The fourth-order valence-electron chi connectivity index (χ4n) is 2.11. The predicted octanol–water partition coefficient (Wildman–Crippen LogP) is -0.855. The van der Waals surface area contributed by atoms with E-state index in [2.05, 4.69) is 6.92 Å². The van der Waals surface area contributed by atoms with E-state index in [0.717, 1.165) is 25.7 Å². The van der Waals surface area contributed by atoms with Crippen LogP contribution in [-0.2, 0) is 0 Å². The second-order valence-electron chi connectivity index (χ2n) is 5.05. The van der Waals surface area contributed by atoms with Gasteiger partial charge in [0.2, 0.25) is 0 Å². The molecule has 0 aromatic carbocycles. The van der Waals surface area contributed by atoms with Crippen LogP contribution in [0.25, 0.3) is 0 Å². The number of hydrogen-bond donors (Lipinski definition) is 6. The summed E-state index contributed by atoms with van der Waals surface area (Å²) in [6, 6.07) is 0. The van der Waals surface area contributed by atoms with Crippen molar-refractivity contribution in [2.45, 2.75) is 69.4 Å². The van der Waals surface area contributed by atoms with Gasteiger partial charge in [0.15, 0.2) is 0 Å². The molecule has 0 aliphatic heterocycles. The zero-order valence-electron chi connectivity index (χ0n) is 11.6. The third kappa shape index (κ3) is 5.72. The molecule has 0 spiro atoms. The largest absolute Gasteiger partial charge is 0.394 e. The van der Waals surface area contributed by atoms with E-state index in [4.69, 9.17) is 10.2 Å². The summed E-state index contributed by atoms with van der Waals surface area (Å²) in [5, 5.41) is 56.9. The van der Waals surface area contributed by atoms with Gasteiger partial charge in [-0.1, -0.05) is 39.0 Å². The minimum atomic E-state index is -2.01. The van der Waals surface area contributed by atoms with Crippen LogP contribution in [0.3, 0.4) is 0 Å². The second-order valence-corrected chi connectivity index (χ2v) is 5.05. The van der Waals surface area contributed by atoms with Crippen LogP contribution in [0, 0.1) is 0 Å².